The minimum absolute atomic E-state index is 0.744. The molecule has 1 atom stereocenters. The Kier molecular flexibility index (Phi) is 3.87. The zero-order valence-corrected chi connectivity index (χ0v) is 7.69. The maximum Gasteiger partial charge on any atom is 0.0192 e. The molecule has 0 aromatic rings. The topological polar surface area (TPSA) is 24.1 Å². The summed E-state index contributed by atoms with van der Waals surface area (Å²) in [6.45, 7) is 8.01. The molecule has 0 amide bonds. The van der Waals surface area contributed by atoms with Crippen LogP contribution < -0.4 is 10.6 Å². The van der Waals surface area contributed by atoms with Crippen LogP contribution in [0.1, 0.15) is 26.7 Å². The van der Waals surface area contributed by atoms with Crippen molar-refractivity contribution in [3.8, 4) is 0 Å². The van der Waals surface area contributed by atoms with Gasteiger partial charge in [-0.2, -0.15) is 0 Å². The first kappa shape index (κ1) is 9.01. The summed E-state index contributed by atoms with van der Waals surface area (Å²) in [7, 11) is 0. The van der Waals surface area contributed by atoms with Gasteiger partial charge in [0.15, 0.2) is 0 Å². The summed E-state index contributed by atoms with van der Waals surface area (Å²) in [5.41, 5.74) is 0. The van der Waals surface area contributed by atoms with Gasteiger partial charge < -0.3 is 10.6 Å². The molecular weight excluding hydrogens is 136 g/mol. The van der Waals surface area contributed by atoms with Gasteiger partial charge >= 0.3 is 0 Å². The summed E-state index contributed by atoms with van der Waals surface area (Å²) in [6, 6.07) is 0.744. The van der Waals surface area contributed by atoms with Crippen LogP contribution >= 0.6 is 0 Å². The highest BCUT2D eigenvalue weighted by molar-refractivity contribution is 4.76. The van der Waals surface area contributed by atoms with Gasteiger partial charge in [-0.05, 0) is 31.8 Å². The standard InChI is InChI=1S/C9H20N2/c1-8(2)6-10-7-9-4-3-5-11-9/h8-11H,3-7H2,1-2H3. The lowest BCUT2D eigenvalue weighted by atomic mass is 10.2. The first-order valence-electron chi connectivity index (χ1n) is 4.73. The van der Waals surface area contributed by atoms with E-state index in [0.29, 0.717) is 0 Å². The molecule has 0 aromatic heterocycles. The molecule has 2 nitrogen and oxygen atoms in total. The van der Waals surface area contributed by atoms with Crippen LogP contribution in [0.15, 0.2) is 0 Å². The maximum absolute atomic E-state index is 3.47. The summed E-state index contributed by atoms with van der Waals surface area (Å²) in [5.74, 6) is 0.774. The van der Waals surface area contributed by atoms with Gasteiger partial charge in [0.1, 0.15) is 0 Å². The molecular formula is C9H20N2. The third kappa shape index (κ3) is 3.73. The lowest BCUT2D eigenvalue weighted by molar-refractivity contribution is 0.492. The van der Waals surface area contributed by atoms with Gasteiger partial charge in [0, 0.05) is 12.6 Å². The van der Waals surface area contributed by atoms with Gasteiger partial charge in [0.2, 0.25) is 0 Å². The van der Waals surface area contributed by atoms with E-state index in [2.05, 4.69) is 24.5 Å². The molecule has 66 valence electrons. The van der Waals surface area contributed by atoms with Crippen LogP contribution in [-0.2, 0) is 0 Å². The molecule has 0 bridgehead atoms. The zero-order chi connectivity index (χ0) is 8.10. The van der Waals surface area contributed by atoms with Gasteiger partial charge in [-0.3, -0.25) is 0 Å². The highest BCUT2D eigenvalue weighted by Gasteiger charge is 2.12. The van der Waals surface area contributed by atoms with Gasteiger partial charge in [-0.1, -0.05) is 13.8 Å². The molecule has 1 saturated heterocycles. The lowest BCUT2D eigenvalue weighted by Gasteiger charge is -2.12. The Morgan fingerprint density at radius 1 is 1.55 bits per heavy atom. The summed E-state index contributed by atoms with van der Waals surface area (Å²) < 4.78 is 0. The van der Waals surface area contributed by atoms with Crippen molar-refractivity contribution in [3.63, 3.8) is 0 Å². The number of hydrogen-bond acceptors (Lipinski definition) is 2. The van der Waals surface area contributed by atoms with Crippen LogP contribution in [0.4, 0.5) is 0 Å². The van der Waals surface area contributed by atoms with Crippen molar-refractivity contribution < 1.29 is 0 Å². The Morgan fingerprint density at radius 2 is 2.36 bits per heavy atom. The van der Waals surface area contributed by atoms with Crippen molar-refractivity contribution in [3.05, 3.63) is 0 Å². The fraction of sp³-hybridized carbons (Fsp3) is 1.00. The molecule has 1 aliphatic heterocycles. The SMILES string of the molecule is CC(C)CNCC1CCCN1. The van der Waals surface area contributed by atoms with Crippen LogP contribution in [0, 0.1) is 5.92 Å². The van der Waals surface area contributed by atoms with Crippen molar-refractivity contribution in [1.29, 1.82) is 0 Å². The molecule has 1 aliphatic rings. The predicted octanol–water partition coefficient (Wildman–Crippen LogP) is 0.984. The van der Waals surface area contributed by atoms with E-state index in [1.807, 2.05) is 0 Å². The number of rotatable bonds is 4. The Bertz CT molecular complexity index is 95.7. The average molecular weight is 156 g/mol. The van der Waals surface area contributed by atoms with Crippen molar-refractivity contribution in [1.82, 2.24) is 10.6 Å². The van der Waals surface area contributed by atoms with Crippen molar-refractivity contribution in [2.75, 3.05) is 19.6 Å². The smallest absolute Gasteiger partial charge is 0.0192 e. The summed E-state index contributed by atoms with van der Waals surface area (Å²) in [5, 5.41) is 6.93. The number of hydrogen-bond donors (Lipinski definition) is 2. The molecule has 1 unspecified atom stereocenters. The Labute approximate surface area is 69.8 Å². The Morgan fingerprint density at radius 3 is 2.91 bits per heavy atom. The van der Waals surface area contributed by atoms with E-state index < -0.39 is 0 Å². The van der Waals surface area contributed by atoms with Gasteiger partial charge in [-0.15, -0.1) is 0 Å². The third-order valence-corrected chi connectivity index (χ3v) is 2.11. The van der Waals surface area contributed by atoms with Crippen molar-refractivity contribution in [2.24, 2.45) is 5.92 Å². The molecule has 0 radical (unpaired) electrons. The molecule has 0 spiro atoms. The van der Waals surface area contributed by atoms with E-state index in [1.54, 1.807) is 0 Å². The quantitative estimate of drug-likeness (QED) is 0.634. The Hall–Kier alpha value is -0.0800. The van der Waals surface area contributed by atoms with E-state index in [0.717, 1.165) is 25.0 Å². The molecule has 1 fully saturated rings. The third-order valence-electron chi connectivity index (χ3n) is 2.11. The van der Waals surface area contributed by atoms with E-state index >= 15 is 0 Å². The number of nitrogens with one attached hydrogen (secondary N) is 2. The molecule has 1 heterocycles. The van der Waals surface area contributed by atoms with Crippen molar-refractivity contribution in [2.45, 2.75) is 32.7 Å². The molecule has 0 aliphatic carbocycles. The van der Waals surface area contributed by atoms with Crippen LogP contribution in [0.5, 0.6) is 0 Å². The first-order valence-corrected chi connectivity index (χ1v) is 4.73. The van der Waals surface area contributed by atoms with Crippen LogP contribution in [0.25, 0.3) is 0 Å². The minimum atomic E-state index is 0.744. The van der Waals surface area contributed by atoms with E-state index in [9.17, 15) is 0 Å². The highest BCUT2D eigenvalue weighted by Crippen LogP contribution is 2.03. The second kappa shape index (κ2) is 4.73. The molecule has 1 rings (SSSR count). The molecule has 0 saturated carbocycles. The summed E-state index contributed by atoms with van der Waals surface area (Å²) in [4.78, 5) is 0. The normalized spacial score (nSPS) is 24.8. The van der Waals surface area contributed by atoms with Crippen LogP contribution in [0.2, 0.25) is 0 Å². The Balaban J connectivity index is 1.94. The van der Waals surface area contributed by atoms with Crippen molar-refractivity contribution >= 4 is 0 Å². The van der Waals surface area contributed by atoms with Crippen LogP contribution in [0.3, 0.4) is 0 Å². The van der Waals surface area contributed by atoms with Gasteiger partial charge in [-0.25, -0.2) is 0 Å². The molecule has 2 N–H and O–H groups in total. The molecule has 0 aromatic carbocycles. The fourth-order valence-corrected chi connectivity index (χ4v) is 1.48. The van der Waals surface area contributed by atoms with E-state index in [4.69, 9.17) is 0 Å². The minimum Gasteiger partial charge on any atom is -0.315 e. The monoisotopic (exact) mass is 156 g/mol. The van der Waals surface area contributed by atoms with Crippen LogP contribution in [-0.4, -0.2) is 25.7 Å². The fourth-order valence-electron chi connectivity index (χ4n) is 1.48. The average Bonchev–Trinajstić information content (AvgIpc) is 2.39. The first-order chi connectivity index (χ1) is 5.29. The largest absolute Gasteiger partial charge is 0.315 e. The van der Waals surface area contributed by atoms with E-state index in [1.165, 1.54) is 19.4 Å². The van der Waals surface area contributed by atoms with Gasteiger partial charge in [0.25, 0.3) is 0 Å². The summed E-state index contributed by atoms with van der Waals surface area (Å²) in [6.07, 6.45) is 2.71. The second-order valence-corrected chi connectivity index (χ2v) is 3.85. The lowest BCUT2D eigenvalue weighted by Crippen LogP contribution is -2.35. The zero-order valence-electron chi connectivity index (χ0n) is 7.69. The summed E-state index contributed by atoms with van der Waals surface area (Å²) >= 11 is 0. The highest BCUT2D eigenvalue weighted by atomic mass is 15.0. The predicted molar refractivity (Wildman–Crippen MR) is 48.7 cm³/mol. The van der Waals surface area contributed by atoms with E-state index in [-0.39, 0.29) is 0 Å². The second-order valence-electron chi connectivity index (χ2n) is 3.85. The molecule has 11 heavy (non-hydrogen) atoms. The maximum atomic E-state index is 3.47. The molecule has 2 heteroatoms. The van der Waals surface area contributed by atoms with Gasteiger partial charge in [0.05, 0.1) is 0 Å².